The molecule has 0 unspecified atom stereocenters. The zero-order valence-electron chi connectivity index (χ0n) is 23.4. The van der Waals surface area contributed by atoms with Crippen molar-refractivity contribution in [1.82, 2.24) is 24.6 Å². The summed E-state index contributed by atoms with van der Waals surface area (Å²) in [4.78, 5) is 25.2. The van der Waals surface area contributed by atoms with Crippen LogP contribution in [0.25, 0.3) is 11.1 Å². The fourth-order valence-corrected chi connectivity index (χ4v) is 5.09. The van der Waals surface area contributed by atoms with Gasteiger partial charge in [-0.2, -0.15) is 9.37 Å². The lowest BCUT2D eigenvalue weighted by atomic mass is 9.98. The van der Waals surface area contributed by atoms with Gasteiger partial charge < -0.3 is 20.7 Å². The Morgan fingerprint density at radius 3 is 2.45 bits per heavy atom. The van der Waals surface area contributed by atoms with Crippen LogP contribution in [0.4, 0.5) is 27.5 Å². The number of ether oxygens (including phenoxy) is 1. The van der Waals surface area contributed by atoms with Crippen molar-refractivity contribution in [3.8, 4) is 16.9 Å². The second kappa shape index (κ2) is 12.7. The van der Waals surface area contributed by atoms with E-state index in [9.17, 15) is 17.6 Å². The van der Waals surface area contributed by atoms with Crippen LogP contribution in [-0.2, 0) is 10.0 Å². The summed E-state index contributed by atoms with van der Waals surface area (Å²) in [5, 5.41) is 8.78. The molecule has 2 heterocycles. The van der Waals surface area contributed by atoms with Crippen molar-refractivity contribution in [3.05, 3.63) is 77.5 Å². The Morgan fingerprint density at radius 1 is 1.05 bits per heavy atom. The summed E-state index contributed by atoms with van der Waals surface area (Å²) in [6.07, 6.45) is 2.40. The second-order valence-electron chi connectivity index (χ2n) is 9.43. The van der Waals surface area contributed by atoms with Crippen LogP contribution in [0.15, 0.2) is 65.8 Å². The quantitative estimate of drug-likeness (QED) is 0.206. The third-order valence-corrected chi connectivity index (χ3v) is 8.03. The highest BCUT2D eigenvalue weighted by atomic mass is 35.5. The van der Waals surface area contributed by atoms with Gasteiger partial charge in [-0.3, -0.25) is 4.79 Å². The monoisotopic (exact) mass is 613 g/mol. The molecule has 3 N–H and O–H groups in total. The first-order valence-corrected chi connectivity index (χ1v) is 14.5. The molecule has 0 aliphatic carbocycles. The summed E-state index contributed by atoms with van der Waals surface area (Å²) >= 11 is 6.38. The van der Waals surface area contributed by atoms with E-state index in [1.54, 1.807) is 36.4 Å². The van der Waals surface area contributed by atoms with E-state index < -0.39 is 21.9 Å². The lowest BCUT2D eigenvalue weighted by Crippen LogP contribution is -2.23. The van der Waals surface area contributed by atoms with Crippen molar-refractivity contribution in [2.24, 2.45) is 0 Å². The van der Waals surface area contributed by atoms with E-state index in [4.69, 9.17) is 16.3 Å². The molecule has 42 heavy (non-hydrogen) atoms. The number of benzene rings is 2. The summed E-state index contributed by atoms with van der Waals surface area (Å²) in [6.45, 7) is 3.67. The molecule has 2 aromatic carbocycles. The number of hydrogen-bond acceptors (Lipinski definition) is 9. The molecule has 2 aromatic heterocycles. The number of nitrogens with one attached hydrogen (secondary N) is 3. The van der Waals surface area contributed by atoms with E-state index in [2.05, 4.69) is 30.9 Å². The maximum atomic E-state index is 14.0. The maximum absolute atomic E-state index is 14.0. The SMILES string of the molecule is CNC(=O)c1cc(Nc2ncc(Cl)c(Nc3ccccc3S(=O)(=O)N(C)C)n2)c(OC(C)C)cc1-c1ccnc(F)c1. The van der Waals surface area contributed by atoms with Crippen LogP contribution in [0, 0.1) is 5.95 Å². The lowest BCUT2D eigenvalue weighted by molar-refractivity contribution is 0.0963. The van der Waals surface area contributed by atoms with Crippen LogP contribution in [-0.4, -0.2) is 60.8 Å². The van der Waals surface area contributed by atoms with E-state index >= 15 is 0 Å². The number of halogens is 2. The van der Waals surface area contributed by atoms with E-state index in [0.717, 1.165) is 4.31 Å². The number of amides is 1. The van der Waals surface area contributed by atoms with Gasteiger partial charge in [0.15, 0.2) is 5.82 Å². The summed E-state index contributed by atoms with van der Waals surface area (Å²) in [6, 6.07) is 12.3. The standard InChI is InChI=1S/C28H29ClFN7O4S/c1-16(2)41-23-14-18(17-10-11-32-25(30)12-17)19(27(38)31-3)13-22(23)35-28-33-15-20(29)26(36-28)34-21-8-6-7-9-24(21)42(39,40)37(4)5/h6-16H,1-5H3,(H,31,38)(H2,33,34,35,36). The van der Waals surface area contributed by atoms with Gasteiger partial charge in [-0.1, -0.05) is 23.7 Å². The first-order chi connectivity index (χ1) is 19.9. The molecule has 220 valence electrons. The Labute approximate surface area is 248 Å². The van der Waals surface area contributed by atoms with Crippen molar-refractivity contribution in [2.75, 3.05) is 31.8 Å². The summed E-state index contributed by atoms with van der Waals surface area (Å²) < 4.78 is 46.8. The predicted molar refractivity (Wildman–Crippen MR) is 160 cm³/mol. The number of hydrogen-bond donors (Lipinski definition) is 3. The smallest absolute Gasteiger partial charge is 0.251 e. The molecule has 11 nitrogen and oxygen atoms in total. The predicted octanol–water partition coefficient (Wildman–Crippen LogP) is 5.22. The Morgan fingerprint density at radius 2 is 1.79 bits per heavy atom. The molecule has 1 amide bonds. The zero-order chi connectivity index (χ0) is 30.6. The highest BCUT2D eigenvalue weighted by Gasteiger charge is 2.23. The number of carbonyl (C=O) groups is 1. The van der Waals surface area contributed by atoms with E-state index in [1.165, 1.54) is 45.7 Å². The van der Waals surface area contributed by atoms with Gasteiger partial charge in [0.2, 0.25) is 21.9 Å². The number of sulfonamides is 1. The topological polar surface area (TPSA) is 138 Å². The fourth-order valence-electron chi connectivity index (χ4n) is 3.91. The summed E-state index contributed by atoms with van der Waals surface area (Å²) in [5.74, 6) is -0.551. The summed E-state index contributed by atoms with van der Waals surface area (Å²) in [7, 11) is 0.584. The Kier molecular flexibility index (Phi) is 9.24. The van der Waals surface area contributed by atoms with Crippen LogP contribution in [0.5, 0.6) is 5.75 Å². The molecule has 0 fully saturated rings. The van der Waals surface area contributed by atoms with E-state index in [0.29, 0.717) is 22.6 Å². The van der Waals surface area contributed by atoms with Crippen molar-refractivity contribution in [1.29, 1.82) is 0 Å². The van der Waals surface area contributed by atoms with Gasteiger partial charge in [0.05, 0.1) is 23.7 Å². The average Bonchev–Trinajstić information content (AvgIpc) is 2.95. The number of carbonyl (C=O) groups excluding carboxylic acids is 1. The van der Waals surface area contributed by atoms with Crippen LogP contribution in [0.2, 0.25) is 5.02 Å². The van der Waals surface area contributed by atoms with Gasteiger partial charge in [0.25, 0.3) is 5.91 Å². The van der Waals surface area contributed by atoms with Crippen molar-refractivity contribution < 1.29 is 22.3 Å². The number of pyridine rings is 1. The molecular formula is C28H29ClFN7O4S. The molecule has 0 saturated heterocycles. The number of nitrogens with zero attached hydrogens (tertiary/aromatic N) is 4. The van der Waals surface area contributed by atoms with Crippen molar-refractivity contribution >= 4 is 50.7 Å². The highest BCUT2D eigenvalue weighted by Crippen LogP contribution is 2.37. The maximum Gasteiger partial charge on any atom is 0.251 e. The number of rotatable bonds is 10. The molecule has 4 rings (SSSR count). The minimum absolute atomic E-state index is 0.0326. The molecule has 0 bridgehead atoms. The first-order valence-electron chi connectivity index (χ1n) is 12.7. The van der Waals surface area contributed by atoms with Crippen LogP contribution < -0.4 is 20.7 Å². The molecule has 0 atom stereocenters. The molecule has 14 heteroatoms. The van der Waals surface area contributed by atoms with Crippen molar-refractivity contribution in [3.63, 3.8) is 0 Å². The normalized spacial score (nSPS) is 11.5. The van der Waals surface area contributed by atoms with Gasteiger partial charge in [-0.05, 0) is 55.3 Å². The van der Waals surface area contributed by atoms with Gasteiger partial charge in [0.1, 0.15) is 15.7 Å². The Bertz CT molecular complexity index is 1740. The van der Waals surface area contributed by atoms with Gasteiger partial charge >= 0.3 is 0 Å². The first kappa shape index (κ1) is 30.6. The molecule has 0 saturated carbocycles. The van der Waals surface area contributed by atoms with Gasteiger partial charge in [-0.15, -0.1) is 0 Å². The minimum atomic E-state index is -3.77. The minimum Gasteiger partial charge on any atom is -0.489 e. The molecular weight excluding hydrogens is 585 g/mol. The molecule has 0 aliphatic rings. The van der Waals surface area contributed by atoms with Gasteiger partial charge in [0, 0.05) is 39.0 Å². The molecule has 0 radical (unpaired) electrons. The van der Waals surface area contributed by atoms with Gasteiger partial charge in [-0.25, -0.2) is 22.7 Å². The highest BCUT2D eigenvalue weighted by molar-refractivity contribution is 7.89. The second-order valence-corrected chi connectivity index (χ2v) is 12.0. The number of anilines is 4. The number of para-hydroxylation sites is 1. The Balaban J connectivity index is 1.78. The molecule has 0 aliphatic heterocycles. The third-order valence-electron chi connectivity index (χ3n) is 5.88. The summed E-state index contributed by atoms with van der Waals surface area (Å²) in [5.41, 5.74) is 1.70. The Hall–Kier alpha value is -4.33. The lowest BCUT2D eigenvalue weighted by Gasteiger charge is -2.19. The number of aromatic nitrogens is 3. The van der Waals surface area contributed by atoms with E-state index in [1.807, 2.05) is 13.8 Å². The van der Waals surface area contributed by atoms with Crippen LogP contribution in [0.1, 0.15) is 24.2 Å². The average molecular weight is 614 g/mol. The zero-order valence-corrected chi connectivity index (χ0v) is 25.0. The molecule has 4 aromatic rings. The van der Waals surface area contributed by atoms with E-state index in [-0.39, 0.29) is 39.0 Å². The van der Waals surface area contributed by atoms with Crippen molar-refractivity contribution in [2.45, 2.75) is 24.8 Å². The fraction of sp³-hybridized carbons (Fsp3) is 0.214. The van der Waals surface area contributed by atoms with Crippen LogP contribution in [0.3, 0.4) is 0 Å². The molecule has 0 spiro atoms. The largest absolute Gasteiger partial charge is 0.489 e. The third kappa shape index (κ3) is 6.75. The van der Waals surface area contributed by atoms with Crippen LogP contribution >= 0.6 is 11.6 Å².